The third-order valence-corrected chi connectivity index (χ3v) is 6.95. The summed E-state index contributed by atoms with van der Waals surface area (Å²) in [5.41, 5.74) is 3.09. The summed E-state index contributed by atoms with van der Waals surface area (Å²) in [6, 6.07) is 8.06. The van der Waals surface area contributed by atoms with Crippen LogP contribution in [-0.2, 0) is 19.7 Å². The molecule has 0 aliphatic heterocycles. The SMILES string of the molecule is CCOC(=O)c1c(NC(=O)[C@@H]2CC=CC[C@H]2C(=O)O)sc(C)c1-c1ccc(C(C)(C)C)cc1. The molecule has 176 valence electrons. The minimum atomic E-state index is -0.993. The summed E-state index contributed by atoms with van der Waals surface area (Å²) in [7, 11) is 0. The molecule has 0 saturated carbocycles. The van der Waals surface area contributed by atoms with Crippen molar-refractivity contribution in [2.45, 2.75) is 52.9 Å². The molecule has 0 saturated heterocycles. The first-order valence-electron chi connectivity index (χ1n) is 11.1. The molecule has 0 unspecified atom stereocenters. The van der Waals surface area contributed by atoms with Gasteiger partial charge < -0.3 is 15.2 Å². The Balaban J connectivity index is 2.01. The van der Waals surface area contributed by atoms with E-state index in [4.69, 9.17) is 4.74 Å². The van der Waals surface area contributed by atoms with Crippen molar-refractivity contribution in [3.8, 4) is 11.1 Å². The summed E-state index contributed by atoms with van der Waals surface area (Å²) in [5, 5.41) is 12.8. The molecule has 1 amide bonds. The Kier molecular flexibility index (Phi) is 7.42. The van der Waals surface area contributed by atoms with Gasteiger partial charge in [-0.05, 0) is 43.2 Å². The molecule has 2 N–H and O–H groups in total. The lowest BCUT2D eigenvalue weighted by molar-refractivity contribution is -0.146. The molecule has 6 nitrogen and oxygen atoms in total. The number of amides is 1. The number of ether oxygens (including phenoxy) is 1. The Bertz CT molecular complexity index is 1080. The van der Waals surface area contributed by atoms with Crippen molar-refractivity contribution in [1.29, 1.82) is 0 Å². The van der Waals surface area contributed by atoms with E-state index >= 15 is 0 Å². The van der Waals surface area contributed by atoms with Gasteiger partial charge in [0.2, 0.25) is 5.91 Å². The molecule has 2 atom stereocenters. The average molecular weight is 470 g/mol. The number of allylic oxidation sites excluding steroid dienone is 2. The molecule has 1 aliphatic carbocycles. The number of anilines is 1. The lowest BCUT2D eigenvalue weighted by Crippen LogP contribution is -2.34. The van der Waals surface area contributed by atoms with Crippen molar-refractivity contribution in [2.24, 2.45) is 11.8 Å². The first-order chi connectivity index (χ1) is 15.5. The number of thiophene rings is 1. The predicted molar refractivity (Wildman–Crippen MR) is 131 cm³/mol. The molecule has 0 bridgehead atoms. The highest BCUT2D eigenvalue weighted by atomic mass is 32.1. The number of aliphatic carboxylic acids is 1. The number of hydrogen-bond donors (Lipinski definition) is 2. The van der Waals surface area contributed by atoms with Crippen molar-refractivity contribution >= 4 is 34.2 Å². The molecule has 0 radical (unpaired) electrons. The van der Waals surface area contributed by atoms with Crippen LogP contribution in [0.3, 0.4) is 0 Å². The predicted octanol–water partition coefficient (Wildman–Crippen LogP) is 5.80. The summed E-state index contributed by atoms with van der Waals surface area (Å²) >= 11 is 1.30. The molecule has 1 aromatic heterocycles. The maximum absolute atomic E-state index is 13.1. The topological polar surface area (TPSA) is 92.7 Å². The zero-order chi connectivity index (χ0) is 24.3. The first kappa shape index (κ1) is 24.7. The van der Waals surface area contributed by atoms with E-state index in [1.165, 1.54) is 16.9 Å². The number of nitrogens with one attached hydrogen (secondary N) is 1. The van der Waals surface area contributed by atoms with Gasteiger partial charge in [0, 0.05) is 10.4 Å². The highest BCUT2D eigenvalue weighted by molar-refractivity contribution is 7.17. The van der Waals surface area contributed by atoms with Gasteiger partial charge in [-0.1, -0.05) is 57.2 Å². The van der Waals surface area contributed by atoms with Crippen LogP contribution >= 0.6 is 11.3 Å². The molecule has 2 aromatic rings. The van der Waals surface area contributed by atoms with Gasteiger partial charge in [0.25, 0.3) is 0 Å². The molecule has 1 heterocycles. The van der Waals surface area contributed by atoms with Gasteiger partial charge in [-0.15, -0.1) is 11.3 Å². The number of hydrogen-bond acceptors (Lipinski definition) is 5. The number of carbonyl (C=O) groups excluding carboxylic acids is 2. The largest absolute Gasteiger partial charge is 0.481 e. The number of rotatable bonds is 6. The van der Waals surface area contributed by atoms with Crippen molar-refractivity contribution in [3.05, 3.63) is 52.4 Å². The maximum Gasteiger partial charge on any atom is 0.341 e. The van der Waals surface area contributed by atoms with Crippen LogP contribution in [0.1, 0.15) is 61.3 Å². The van der Waals surface area contributed by atoms with E-state index in [2.05, 4.69) is 26.1 Å². The number of aryl methyl sites for hydroxylation is 1. The van der Waals surface area contributed by atoms with E-state index in [9.17, 15) is 19.5 Å². The van der Waals surface area contributed by atoms with Gasteiger partial charge >= 0.3 is 11.9 Å². The number of carboxylic acids is 1. The van der Waals surface area contributed by atoms with Gasteiger partial charge in [0.05, 0.1) is 18.4 Å². The highest BCUT2D eigenvalue weighted by Crippen LogP contribution is 2.41. The molecule has 0 fully saturated rings. The summed E-state index contributed by atoms with van der Waals surface area (Å²) in [5.74, 6) is -3.38. The fourth-order valence-corrected chi connectivity index (χ4v) is 5.16. The van der Waals surface area contributed by atoms with Crippen LogP contribution in [0.5, 0.6) is 0 Å². The second-order valence-electron chi connectivity index (χ2n) is 9.27. The Morgan fingerprint density at radius 1 is 1.09 bits per heavy atom. The van der Waals surface area contributed by atoms with Gasteiger partial charge in [0.1, 0.15) is 10.6 Å². The van der Waals surface area contributed by atoms with Gasteiger partial charge in [-0.3, -0.25) is 9.59 Å². The Labute approximate surface area is 198 Å². The van der Waals surface area contributed by atoms with Crippen LogP contribution in [0.2, 0.25) is 0 Å². The quantitative estimate of drug-likeness (QED) is 0.412. The maximum atomic E-state index is 13.1. The molecule has 0 spiro atoms. The lowest BCUT2D eigenvalue weighted by atomic mass is 9.82. The third-order valence-electron chi connectivity index (χ3n) is 5.93. The van der Waals surface area contributed by atoms with Crippen LogP contribution in [0, 0.1) is 18.8 Å². The van der Waals surface area contributed by atoms with E-state index in [0.29, 0.717) is 23.4 Å². The number of benzene rings is 1. The van der Waals surface area contributed by atoms with Crippen LogP contribution in [0.4, 0.5) is 5.00 Å². The Hall–Kier alpha value is -2.93. The smallest absolute Gasteiger partial charge is 0.341 e. The summed E-state index contributed by atoms with van der Waals surface area (Å²) in [4.78, 5) is 38.5. The minimum absolute atomic E-state index is 0.000448. The summed E-state index contributed by atoms with van der Waals surface area (Å²) < 4.78 is 5.32. The van der Waals surface area contributed by atoms with Crippen molar-refractivity contribution in [1.82, 2.24) is 0 Å². The lowest BCUT2D eigenvalue weighted by Gasteiger charge is -2.24. The second-order valence-corrected chi connectivity index (χ2v) is 10.5. The Morgan fingerprint density at radius 3 is 2.24 bits per heavy atom. The second kappa shape index (κ2) is 9.91. The van der Waals surface area contributed by atoms with E-state index < -0.39 is 29.7 Å². The van der Waals surface area contributed by atoms with Crippen molar-refractivity contribution in [2.75, 3.05) is 11.9 Å². The molecule has 33 heavy (non-hydrogen) atoms. The summed E-state index contributed by atoms with van der Waals surface area (Å²) in [6.07, 6.45) is 4.29. The molecular formula is C26H31NO5S. The zero-order valence-electron chi connectivity index (χ0n) is 19.7. The van der Waals surface area contributed by atoms with E-state index in [0.717, 1.165) is 16.0 Å². The number of carbonyl (C=O) groups is 3. The number of carboxylic acid groups (broad SMARTS) is 1. The van der Waals surface area contributed by atoms with Gasteiger partial charge in [-0.25, -0.2) is 4.79 Å². The standard InChI is InChI=1S/C26H31NO5S/c1-6-32-25(31)21-20(16-11-13-17(14-12-16)26(3,4)5)15(2)33-23(21)27-22(28)18-9-7-8-10-19(18)24(29)30/h7-8,11-14,18-19H,6,9-10H2,1-5H3,(H,27,28)(H,29,30)/t18-,19-/m1/s1. The monoisotopic (exact) mass is 469 g/mol. The zero-order valence-corrected chi connectivity index (χ0v) is 20.5. The van der Waals surface area contributed by atoms with Gasteiger partial charge in [-0.2, -0.15) is 0 Å². The van der Waals surface area contributed by atoms with E-state index in [-0.39, 0.29) is 12.0 Å². The van der Waals surface area contributed by atoms with Crippen LogP contribution in [0.25, 0.3) is 11.1 Å². The van der Waals surface area contributed by atoms with Crippen LogP contribution in [0.15, 0.2) is 36.4 Å². The summed E-state index contributed by atoms with van der Waals surface area (Å²) in [6.45, 7) is 10.3. The van der Waals surface area contributed by atoms with E-state index in [1.807, 2.05) is 37.3 Å². The van der Waals surface area contributed by atoms with E-state index in [1.54, 1.807) is 13.0 Å². The third kappa shape index (κ3) is 5.36. The molecular weight excluding hydrogens is 438 g/mol. The average Bonchev–Trinajstić information content (AvgIpc) is 3.08. The first-order valence-corrected chi connectivity index (χ1v) is 12.0. The number of esters is 1. The minimum Gasteiger partial charge on any atom is -0.481 e. The van der Waals surface area contributed by atoms with Crippen LogP contribution < -0.4 is 5.32 Å². The highest BCUT2D eigenvalue weighted by Gasteiger charge is 2.35. The molecule has 7 heteroatoms. The van der Waals surface area contributed by atoms with Crippen molar-refractivity contribution < 1.29 is 24.2 Å². The van der Waals surface area contributed by atoms with Gasteiger partial charge in [0.15, 0.2) is 0 Å². The molecule has 3 rings (SSSR count). The molecule has 1 aliphatic rings. The fourth-order valence-electron chi connectivity index (χ4n) is 4.10. The Morgan fingerprint density at radius 2 is 1.70 bits per heavy atom. The van der Waals surface area contributed by atoms with Crippen molar-refractivity contribution in [3.63, 3.8) is 0 Å². The molecule has 1 aromatic carbocycles. The normalized spacial score (nSPS) is 18.1. The van der Waals surface area contributed by atoms with Crippen LogP contribution in [-0.4, -0.2) is 29.6 Å². The fraction of sp³-hybridized carbons (Fsp3) is 0.423.